The van der Waals surface area contributed by atoms with Crippen molar-refractivity contribution in [3.8, 4) is 0 Å². The van der Waals surface area contributed by atoms with Crippen molar-refractivity contribution in [1.82, 2.24) is 25.4 Å². The van der Waals surface area contributed by atoms with Gasteiger partial charge >= 0.3 is 0 Å². The Morgan fingerprint density at radius 3 is 2.83 bits per heavy atom. The number of hydrogen-bond acceptors (Lipinski definition) is 7. The van der Waals surface area contributed by atoms with Gasteiger partial charge in [-0.05, 0) is 29.8 Å². The van der Waals surface area contributed by atoms with Gasteiger partial charge in [-0.3, -0.25) is 4.79 Å². The minimum atomic E-state index is -0.257. The number of anilines is 1. The number of nitrogens with one attached hydrogen (secondary N) is 2. The second kappa shape index (κ2) is 9.57. The van der Waals surface area contributed by atoms with E-state index < -0.39 is 0 Å². The molecule has 0 atom stereocenters. The fraction of sp³-hybridized carbons (Fsp3) is 0.0952. The van der Waals surface area contributed by atoms with Crippen LogP contribution in [0, 0.1) is 0 Å². The molecule has 2 aromatic heterocycles. The Morgan fingerprint density at radius 1 is 1.13 bits per heavy atom. The molecular formula is C21H19N7OS. The fourth-order valence-electron chi connectivity index (χ4n) is 2.67. The van der Waals surface area contributed by atoms with Gasteiger partial charge in [0, 0.05) is 6.21 Å². The number of fused-ring (bicyclic) bond motifs is 1. The Kier molecular flexibility index (Phi) is 6.21. The highest BCUT2D eigenvalue weighted by Gasteiger charge is 2.04. The Labute approximate surface area is 177 Å². The first-order valence-electron chi connectivity index (χ1n) is 9.28. The monoisotopic (exact) mass is 417 g/mol. The van der Waals surface area contributed by atoms with E-state index in [-0.39, 0.29) is 12.5 Å². The zero-order valence-electron chi connectivity index (χ0n) is 16.0. The van der Waals surface area contributed by atoms with E-state index in [1.807, 2.05) is 60.8 Å². The lowest BCUT2D eigenvalue weighted by atomic mass is 10.2. The van der Waals surface area contributed by atoms with Gasteiger partial charge in [0.05, 0.1) is 29.5 Å². The highest BCUT2D eigenvalue weighted by Crippen LogP contribution is 2.24. The van der Waals surface area contributed by atoms with Crippen molar-refractivity contribution < 1.29 is 4.79 Å². The van der Waals surface area contributed by atoms with Gasteiger partial charge in [-0.2, -0.15) is 5.10 Å². The molecule has 0 bridgehead atoms. The molecule has 8 nitrogen and oxygen atoms in total. The lowest BCUT2D eigenvalue weighted by Crippen LogP contribution is -2.25. The Balaban J connectivity index is 1.20. The summed E-state index contributed by atoms with van der Waals surface area (Å²) in [5, 5.41) is 15.8. The van der Waals surface area contributed by atoms with Crippen LogP contribution in [0.1, 0.15) is 11.3 Å². The molecule has 0 aliphatic heterocycles. The summed E-state index contributed by atoms with van der Waals surface area (Å²) in [6.45, 7) is 0.752. The molecule has 0 radical (unpaired) electrons. The average molecular weight is 417 g/mol. The zero-order chi connectivity index (χ0) is 20.6. The maximum atomic E-state index is 11.9. The summed E-state index contributed by atoms with van der Waals surface area (Å²) in [4.78, 5) is 16.3. The SMILES string of the molecule is O=C(CNc1nc2ccccc2s1)N/N=C\C=C\c1cn(Cc2ccccc2)nn1. The predicted octanol–water partition coefficient (Wildman–Crippen LogP) is 3.16. The number of nitrogens with zero attached hydrogens (tertiary/aromatic N) is 5. The molecule has 30 heavy (non-hydrogen) atoms. The lowest BCUT2D eigenvalue weighted by molar-refractivity contribution is -0.119. The third-order valence-corrected chi connectivity index (χ3v) is 5.05. The number of para-hydroxylation sites is 1. The molecule has 2 aromatic carbocycles. The van der Waals surface area contributed by atoms with Crippen molar-refractivity contribution in [2.45, 2.75) is 6.54 Å². The van der Waals surface area contributed by atoms with Gasteiger partial charge in [0.1, 0.15) is 5.69 Å². The smallest absolute Gasteiger partial charge is 0.259 e. The summed E-state index contributed by atoms with van der Waals surface area (Å²) in [7, 11) is 0. The van der Waals surface area contributed by atoms with Crippen LogP contribution in [0.5, 0.6) is 0 Å². The van der Waals surface area contributed by atoms with Crippen molar-refractivity contribution >= 4 is 44.9 Å². The Morgan fingerprint density at radius 2 is 1.97 bits per heavy atom. The third-order valence-electron chi connectivity index (χ3n) is 4.05. The first-order chi connectivity index (χ1) is 14.8. The van der Waals surface area contributed by atoms with Crippen LogP contribution in [0.4, 0.5) is 5.13 Å². The molecule has 4 aromatic rings. The van der Waals surface area contributed by atoms with Crippen LogP contribution in [0.2, 0.25) is 0 Å². The number of hydrazone groups is 1. The van der Waals surface area contributed by atoms with Gasteiger partial charge in [0.2, 0.25) is 0 Å². The molecule has 0 aliphatic rings. The van der Waals surface area contributed by atoms with Crippen molar-refractivity contribution in [1.29, 1.82) is 0 Å². The summed E-state index contributed by atoms with van der Waals surface area (Å²) >= 11 is 1.50. The van der Waals surface area contributed by atoms with Gasteiger partial charge in [0.25, 0.3) is 5.91 Å². The normalized spacial score (nSPS) is 11.5. The van der Waals surface area contributed by atoms with E-state index in [0.717, 1.165) is 15.8 Å². The van der Waals surface area contributed by atoms with E-state index in [2.05, 4.69) is 31.1 Å². The Bertz CT molecular complexity index is 1150. The molecule has 0 fully saturated rings. The summed E-state index contributed by atoms with van der Waals surface area (Å²) < 4.78 is 2.84. The molecule has 2 N–H and O–H groups in total. The van der Waals surface area contributed by atoms with Crippen molar-refractivity contribution in [3.05, 3.63) is 78.1 Å². The molecule has 1 amide bonds. The molecule has 0 aliphatic carbocycles. The third kappa shape index (κ3) is 5.36. The van der Waals surface area contributed by atoms with Crippen molar-refractivity contribution in [2.24, 2.45) is 5.10 Å². The first kappa shape index (κ1) is 19.5. The van der Waals surface area contributed by atoms with E-state index in [0.29, 0.717) is 17.4 Å². The second-order valence-electron chi connectivity index (χ2n) is 6.34. The van der Waals surface area contributed by atoms with Crippen LogP contribution >= 0.6 is 11.3 Å². The largest absolute Gasteiger partial charge is 0.352 e. The number of amides is 1. The average Bonchev–Trinajstić information content (AvgIpc) is 3.39. The van der Waals surface area contributed by atoms with Crippen LogP contribution in [0.25, 0.3) is 16.3 Å². The number of carbonyl (C=O) groups is 1. The van der Waals surface area contributed by atoms with E-state index in [1.54, 1.807) is 16.8 Å². The molecule has 0 saturated heterocycles. The molecule has 0 saturated carbocycles. The topological polar surface area (TPSA) is 97.1 Å². The number of benzene rings is 2. The molecule has 150 valence electrons. The number of rotatable bonds is 8. The fourth-order valence-corrected chi connectivity index (χ4v) is 3.54. The molecule has 9 heteroatoms. The van der Waals surface area contributed by atoms with Gasteiger partial charge in [-0.15, -0.1) is 5.10 Å². The zero-order valence-corrected chi connectivity index (χ0v) is 16.8. The molecule has 2 heterocycles. The molecule has 0 spiro atoms. The lowest BCUT2D eigenvalue weighted by Gasteiger charge is -2.00. The number of allylic oxidation sites excluding steroid dienone is 1. The van der Waals surface area contributed by atoms with Crippen LogP contribution in [0.3, 0.4) is 0 Å². The standard InChI is InChI=1S/C21H19N7OS/c29-20(13-22-21-24-18-10-4-5-11-19(18)30-21)26-23-12-6-9-17-15-28(27-25-17)14-16-7-2-1-3-8-16/h1-12,15H,13-14H2,(H,22,24)(H,26,29)/b9-6+,23-12-. The number of aromatic nitrogens is 4. The summed E-state index contributed by atoms with van der Waals surface area (Å²) in [5.74, 6) is -0.257. The van der Waals surface area contributed by atoms with E-state index >= 15 is 0 Å². The minimum Gasteiger partial charge on any atom is -0.352 e. The number of thiazole rings is 1. The van der Waals surface area contributed by atoms with Gasteiger partial charge in [0.15, 0.2) is 5.13 Å². The van der Waals surface area contributed by atoms with E-state index in [4.69, 9.17) is 0 Å². The number of hydrogen-bond donors (Lipinski definition) is 2. The highest BCUT2D eigenvalue weighted by atomic mass is 32.1. The van der Waals surface area contributed by atoms with Crippen molar-refractivity contribution in [3.63, 3.8) is 0 Å². The quantitative estimate of drug-likeness (QED) is 0.339. The van der Waals surface area contributed by atoms with Gasteiger partial charge < -0.3 is 5.32 Å². The second-order valence-corrected chi connectivity index (χ2v) is 7.37. The predicted molar refractivity (Wildman–Crippen MR) is 119 cm³/mol. The number of carbonyl (C=O) groups excluding carboxylic acids is 1. The summed E-state index contributed by atoms with van der Waals surface area (Å²) in [5.41, 5.74) is 5.24. The summed E-state index contributed by atoms with van der Waals surface area (Å²) in [6, 6.07) is 17.9. The molecular weight excluding hydrogens is 398 g/mol. The summed E-state index contributed by atoms with van der Waals surface area (Å²) in [6.07, 6.45) is 6.80. The van der Waals surface area contributed by atoms with Crippen molar-refractivity contribution in [2.75, 3.05) is 11.9 Å². The molecule has 4 rings (SSSR count). The maximum absolute atomic E-state index is 11.9. The van der Waals surface area contributed by atoms with E-state index in [1.165, 1.54) is 17.6 Å². The van der Waals surface area contributed by atoms with Crippen LogP contribution in [-0.4, -0.2) is 38.6 Å². The Hall–Kier alpha value is -3.85. The minimum absolute atomic E-state index is 0.0920. The van der Waals surface area contributed by atoms with Crippen LogP contribution in [0.15, 0.2) is 72.0 Å². The maximum Gasteiger partial charge on any atom is 0.259 e. The van der Waals surface area contributed by atoms with E-state index in [9.17, 15) is 4.79 Å². The first-order valence-corrected chi connectivity index (χ1v) is 10.1. The molecule has 0 unspecified atom stereocenters. The van der Waals surface area contributed by atoms with Crippen LogP contribution < -0.4 is 10.7 Å². The van der Waals surface area contributed by atoms with Gasteiger partial charge in [-0.1, -0.05) is 59.0 Å². The van der Waals surface area contributed by atoms with Gasteiger partial charge in [-0.25, -0.2) is 15.1 Å². The van der Waals surface area contributed by atoms with Crippen LogP contribution in [-0.2, 0) is 11.3 Å². The highest BCUT2D eigenvalue weighted by molar-refractivity contribution is 7.22.